The molecule has 0 atom stereocenters. The number of H-pyrrole nitrogens is 1. The van der Waals surface area contributed by atoms with E-state index in [1.165, 1.54) is 0 Å². The molecule has 6 heteroatoms. The quantitative estimate of drug-likeness (QED) is 0.582. The second-order valence-electron chi connectivity index (χ2n) is 4.62. The summed E-state index contributed by atoms with van der Waals surface area (Å²) in [6, 6.07) is 11.1. The number of aromatic nitrogens is 3. The highest BCUT2D eigenvalue weighted by molar-refractivity contribution is 6.29. The van der Waals surface area contributed by atoms with Crippen molar-refractivity contribution in [2.75, 3.05) is 6.61 Å². The van der Waals surface area contributed by atoms with E-state index in [0.29, 0.717) is 24.1 Å². The summed E-state index contributed by atoms with van der Waals surface area (Å²) in [4.78, 5) is 18.7. The van der Waals surface area contributed by atoms with Crippen LogP contribution in [0.4, 0.5) is 0 Å². The van der Waals surface area contributed by atoms with E-state index in [2.05, 4.69) is 9.97 Å². The summed E-state index contributed by atoms with van der Waals surface area (Å²) < 4.78 is 7.29. The average Bonchev–Trinajstić information content (AvgIpc) is 2.81. The molecule has 0 radical (unpaired) electrons. The molecule has 108 valence electrons. The first-order valence-electron chi connectivity index (χ1n) is 6.66. The number of hydrogen-bond acceptors (Lipinski definition) is 3. The molecular weight excluding hydrogens is 290 g/mol. The smallest absolute Gasteiger partial charge is 0.326 e. The van der Waals surface area contributed by atoms with Gasteiger partial charge >= 0.3 is 5.69 Å². The lowest BCUT2D eigenvalue weighted by Crippen LogP contribution is -2.18. The van der Waals surface area contributed by atoms with Crippen molar-refractivity contribution in [3.8, 4) is 5.75 Å². The van der Waals surface area contributed by atoms with Gasteiger partial charge in [0, 0.05) is 6.54 Å². The summed E-state index contributed by atoms with van der Waals surface area (Å²) >= 11 is 5.71. The molecule has 0 bridgehead atoms. The topological polar surface area (TPSA) is 59.9 Å². The second kappa shape index (κ2) is 6.01. The van der Waals surface area contributed by atoms with Crippen LogP contribution in [0.1, 0.15) is 6.42 Å². The van der Waals surface area contributed by atoms with E-state index in [1.807, 2.05) is 24.3 Å². The molecular formula is C15H14ClN3O2. The molecule has 0 aliphatic rings. The minimum atomic E-state index is -0.0932. The van der Waals surface area contributed by atoms with Crippen molar-refractivity contribution in [2.45, 2.75) is 13.0 Å². The van der Waals surface area contributed by atoms with E-state index < -0.39 is 0 Å². The lowest BCUT2D eigenvalue weighted by molar-refractivity contribution is 0.301. The van der Waals surface area contributed by atoms with E-state index in [4.69, 9.17) is 16.3 Å². The van der Waals surface area contributed by atoms with Crippen LogP contribution in [0.15, 0.2) is 47.4 Å². The molecule has 5 nitrogen and oxygen atoms in total. The zero-order valence-electron chi connectivity index (χ0n) is 11.3. The number of imidazole rings is 1. The Kier molecular flexibility index (Phi) is 3.92. The zero-order valence-corrected chi connectivity index (χ0v) is 12.0. The highest BCUT2D eigenvalue weighted by Gasteiger charge is 2.05. The van der Waals surface area contributed by atoms with Crippen LogP contribution in [-0.4, -0.2) is 21.1 Å². The Morgan fingerprint density at radius 2 is 2.10 bits per heavy atom. The van der Waals surface area contributed by atoms with E-state index in [-0.39, 0.29) is 5.69 Å². The number of hydrogen-bond donors (Lipinski definition) is 1. The SMILES string of the molecule is O=c1[nH]c2ccccc2n1CCCOc1ccc(Cl)nc1. The first-order chi connectivity index (χ1) is 10.2. The van der Waals surface area contributed by atoms with Gasteiger partial charge in [0.25, 0.3) is 0 Å². The molecule has 3 rings (SSSR count). The van der Waals surface area contributed by atoms with Gasteiger partial charge in [0.05, 0.1) is 23.8 Å². The summed E-state index contributed by atoms with van der Waals surface area (Å²) in [5.41, 5.74) is 1.67. The molecule has 2 heterocycles. The van der Waals surface area contributed by atoms with Gasteiger partial charge in [0.15, 0.2) is 0 Å². The van der Waals surface area contributed by atoms with E-state index in [1.54, 1.807) is 22.9 Å². The predicted octanol–water partition coefficient (Wildman–Crippen LogP) is 2.85. The fraction of sp³-hybridized carbons (Fsp3) is 0.200. The highest BCUT2D eigenvalue weighted by atomic mass is 35.5. The Labute approximate surface area is 126 Å². The number of aryl methyl sites for hydroxylation is 1. The first kappa shape index (κ1) is 13.7. The molecule has 0 aliphatic carbocycles. The minimum Gasteiger partial charge on any atom is -0.492 e. The molecule has 3 aromatic rings. The summed E-state index contributed by atoms with van der Waals surface area (Å²) in [5, 5.41) is 0.438. The van der Waals surface area contributed by atoms with Crippen molar-refractivity contribution in [3.05, 3.63) is 58.2 Å². The highest BCUT2D eigenvalue weighted by Crippen LogP contribution is 2.13. The van der Waals surface area contributed by atoms with Crippen LogP contribution in [0.5, 0.6) is 5.75 Å². The van der Waals surface area contributed by atoms with Crippen LogP contribution in [-0.2, 0) is 6.54 Å². The van der Waals surface area contributed by atoms with Gasteiger partial charge < -0.3 is 9.72 Å². The lowest BCUT2D eigenvalue weighted by atomic mass is 10.3. The van der Waals surface area contributed by atoms with Crippen LogP contribution in [0.25, 0.3) is 11.0 Å². The van der Waals surface area contributed by atoms with Crippen molar-refractivity contribution in [2.24, 2.45) is 0 Å². The van der Waals surface area contributed by atoms with Gasteiger partial charge in [0.1, 0.15) is 10.9 Å². The average molecular weight is 304 g/mol. The number of aromatic amines is 1. The molecule has 0 saturated carbocycles. The molecule has 0 amide bonds. The number of ether oxygens (including phenoxy) is 1. The maximum Gasteiger partial charge on any atom is 0.326 e. The third-order valence-corrected chi connectivity index (χ3v) is 3.40. The molecule has 0 aliphatic heterocycles. The fourth-order valence-electron chi connectivity index (χ4n) is 2.19. The van der Waals surface area contributed by atoms with Crippen molar-refractivity contribution < 1.29 is 4.74 Å². The van der Waals surface area contributed by atoms with Crippen molar-refractivity contribution in [1.82, 2.24) is 14.5 Å². The molecule has 0 saturated heterocycles. The normalized spacial score (nSPS) is 10.9. The van der Waals surface area contributed by atoms with Gasteiger partial charge in [-0.15, -0.1) is 0 Å². The number of halogens is 1. The molecule has 1 N–H and O–H groups in total. The predicted molar refractivity (Wildman–Crippen MR) is 81.9 cm³/mol. The molecule has 2 aromatic heterocycles. The van der Waals surface area contributed by atoms with Crippen molar-refractivity contribution in [3.63, 3.8) is 0 Å². The molecule has 0 spiro atoms. The monoisotopic (exact) mass is 303 g/mol. The summed E-state index contributed by atoms with van der Waals surface area (Å²) in [6.45, 7) is 1.11. The Bertz CT molecular complexity index is 793. The van der Waals surface area contributed by atoms with Gasteiger partial charge in [-0.3, -0.25) is 4.57 Å². The molecule has 1 aromatic carbocycles. The second-order valence-corrected chi connectivity index (χ2v) is 5.00. The van der Waals surface area contributed by atoms with Gasteiger partial charge in [-0.2, -0.15) is 0 Å². The maximum absolute atomic E-state index is 11.9. The van der Waals surface area contributed by atoms with E-state index >= 15 is 0 Å². The molecule has 0 unspecified atom stereocenters. The number of rotatable bonds is 5. The third kappa shape index (κ3) is 3.08. The van der Waals surface area contributed by atoms with Crippen LogP contribution in [0, 0.1) is 0 Å². The van der Waals surface area contributed by atoms with Crippen LogP contribution in [0.3, 0.4) is 0 Å². The number of benzene rings is 1. The van der Waals surface area contributed by atoms with Crippen LogP contribution >= 0.6 is 11.6 Å². The number of nitrogens with one attached hydrogen (secondary N) is 1. The van der Waals surface area contributed by atoms with Crippen LogP contribution in [0.2, 0.25) is 5.15 Å². The van der Waals surface area contributed by atoms with Gasteiger partial charge in [-0.05, 0) is 30.7 Å². The van der Waals surface area contributed by atoms with E-state index in [0.717, 1.165) is 17.5 Å². The Morgan fingerprint density at radius 1 is 1.24 bits per heavy atom. The minimum absolute atomic E-state index is 0.0932. The Balaban J connectivity index is 1.61. The third-order valence-electron chi connectivity index (χ3n) is 3.18. The van der Waals surface area contributed by atoms with Crippen molar-refractivity contribution in [1.29, 1.82) is 0 Å². The van der Waals surface area contributed by atoms with Crippen LogP contribution < -0.4 is 10.4 Å². The zero-order chi connectivity index (χ0) is 14.7. The van der Waals surface area contributed by atoms with Gasteiger partial charge in [-0.1, -0.05) is 23.7 Å². The molecule has 0 fully saturated rings. The first-order valence-corrected chi connectivity index (χ1v) is 7.04. The van der Waals surface area contributed by atoms with Gasteiger partial charge in [-0.25, -0.2) is 9.78 Å². The number of pyridine rings is 1. The Morgan fingerprint density at radius 3 is 2.90 bits per heavy atom. The summed E-state index contributed by atoms with van der Waals surface area (Å²) in [6.07, 6.45) is 2.31. The fourth-order valence-corrected chi connectivity index (χ4v) is 2.30. The standard InChI is InChI=1S/C15H14ClN3O2/c16-14-7-6-11(10-17-14)21-9-3-8-19-13-5-2-1-4-12(13)18-15(19)20/h1-2,4-7,10H,3,8-9H2,(H,18,20). The summed E-state index contributed by atoms with van der Waals surface area (Å²) in [5.74, 6) is 0.672. The largest absolute Gasteiger partial charge is 0.492 e. The molecule has 21 heavy (non-hydrogen) atoms. The van der Waals surface area contributed by atoms with Crippen molar-refractivity contribution >= 4 is 22.6 Å². The number of para-hydroxylation sites is 2. The maximum atomic E-state index is 11.9. The lowest BCUT2D eigenvalue weighted by Gasteiger charge is -2.06. The number of fused-ring (bicyclic) bond motifs is 1. The number of nitrogens with zero attached hydrogens (tertiary/aromatic N) is 2. The Hall–Kier alpha value is -2.27. The van der Waals surface area contributed by atoms with E-state index in [9.17, 15) is 4.79 Å². The summed E-state index contributed by atoms with van der Waals surface area (Å²) in [7, 11) is 0. The van der Waals surface area contributed by atoms with Gasteiger partial charge in [0.2, 0.25) is 0 Å².